The van der Waals surface area contributed by atoms with Gasteiger partial charge < -0.3 is 23.7 Å². The first kappa shape index (κ1) is 27.5. The van der Waals surface area contributed by atoms with Crippen LogP contribution in [0.15, 0.2) is 59.0 Å². The van der Waals surface area contributed by atoms with Crippen LogP contribution in [0.1, 0.15) is 57.5 Å². The molecule has 216 valence electrons. The molecule has 1 atom stereocenters. The van der Waals surface area contributed by atoms with Crippen LogP contribution in [-0.2, 0) is 22.6 Å². The number of nitrogens with zero attached hydrogens (tertiary/aromatic N) is 3. The normalized spacial score (nSPS) is 19.2. The first-order valence-corrected chi connectivity index (χ1v) is 14.7. The third kappa shape index (κ3) is 6.19. The van der Waals surface area contributed by atoms with Crippen molar-refractivity contribution in [2.24, 2.45) is 5.92 Å². The number of hydrogen-bond donors (Lipinski definition) is 0. The zero-order valence-electron chi connectivity index (χ0n) is 24.0. The van der Waals surface area contributed by atoms with E-state index in [2.05, 4.69) is 53.1 Å². The van der Waals surface area contributed by atoms with Crippen LogP contribution in [0.25, 0.3) is 0 Å². The fraction of sp³-hybridized carbons (Fsp3) is 0.455. The molecule has 1 saturated carbocycles. The number of fused-ring (bicyclic) bond motifs is 1. The molecule has 0 radical (unpaired) electrons. The van der Waals surface area contributed by atoms with Crippen LogP contribution in [0.4, 0.5) is 0 Å². The highest BCUT2D eigenvalue weighted by Gasteiger charge is 2.39. The van der Waals surface area contributed by atoms with E-state index in [1.165, 1.54) is 11.1 Å². The minimum Gasteiger partial charge on any atom is -0.486 e. The second-order valence-corrected chi connectivity index (χ2v) is 11.4. The van der Waals surface area contributed by atoms with Gasteiger partial charge in [-0.2, -0.15) is 0 Å². The first-order chi connectivity index (χ1) is 20.0. The third-order valence-corrected chi connectivity index (χ3v) is 8.47. The Morgan fingerprint density at radius 3 is 2.46 bits per heavy atom. The Bertz CT molecular complexity index is 1370. The van der Waals surface area contributed by atoms with Gasteiger partial charge in [-0.3, -0.25) is 14.5 Å². The summed E-state index contributed by atoms with van der Waals surface area (Å²) in [4.78, 5) is 32.5. The van der Waals surface area contributed by atoms with E-state index in [0.717, 1.165) is 62.3 Å². The Morgan fingerprint density at radius 2 is 1.73 bits per heavy atom. The number of amides is 2. The predicted molar refractivity (Wildman–Crippen MR) is 155 cm³/mol. The summed E-state index contributed by atoms with van der Waals surface area (Å²) in [5, 5.41) is 0. The Morgan fingerprint density at radius 1 is 0.951 bits per heavy atom. The van der Waals surface area contributed by atoms with Crippen molar-refractivity contribution in [1.29, 1.82) is 0 Å². The molecule has 6 rings (SSSR count). The summed E-state index contributed by atoms with van der Waals surface area (Å²) in [6.45, 7) is 7.61. The van der Waals surface area contributed by atoms with Crippen molar-refractivity contribution in [3.8, 4) is 5.75 Å². The van der Waals surface area contributed by atoms with Crippen molar-refractivity contribution in [2.75, 3.05) is 53.0 Å². The zero-order chi connectivity index (χ0) is 28.3. The highest BCUT2D eigenvalue weighted by atomic mass is 16.5. The standard InChI is InChI=1S/C33H39N3O5/c1-23-3-5-25(6-4-23)31-29-21-27(10-9-24(29)13-14-36(31)32(37)26-7-8-26)40-22-28-11-12-30(41-28)33(38)35-17-15-34(16-18-35)19-20-39-2/h3-6,9-12,21,26,31H,7-8,13-20,22H2,1-2H3/t31-/m0/s1. The maximum absolute atomic E-state index is 13.3. The summed E-state index contributed by atoms with van der Waals surface area (Å²) in [5.41, 5.74) is 4.68. The van der Waals surface area contributed by atoms with Gasteiger partial charge in [0.15, 0.2) is 5.76 Å². The number of furan rings is 1. The molecule has 3 aromatic rings. The summed E-state index contributed by atoms with van der Waals surface area (Å²) >= 11 is 0. The Hall–Kier alpha value is -3.62. The molecule has 8 heteroatoms. The quantitative estimate of drug-likeness (QED) is 0.387. The molecule has 0 unspecified atom stereocenters. The van der Waals surface area contributed by atoms with E-state index in [0.29, 0.717) is 31.2 Å². The van der Waals surface area contributed by atoms with E-state index in [1.807, 2.05) is 17.0 Å². The van der Waals surface area contributed by atoms with E-state index < -0.39 is 0 Å². The molecule has 3 heterocycles. The highest BCUT2D eigenvalue weighted by molar-refractivity contribution is 5.91. The molecule has 2 aliphatic heterocycles. The molecule has 0 bridgehead atoms. The number of methoxy groups -OCH3 is 1. The van der Waals surface area contributed by atoms with Gasteiger partial charge in [-0.25, -0.2) is 0 Å². The molecule has 3 aliphatic rings. The largest absolute Gasteiger partial charge is 0.486 e. The number of rotatable bonds is 9. The van der Waals surface area contributed by atoms with E-state index in [1.54, 1.807) is 13.2 Å². The molecule has 1 saturated heterocycles. The minimum absolute atomic E-state index is 0.0854. The monoisotopic (exact) mass is 557 g/mol. The van der Waals surface area contributed by atoms with Gasteiger partial charge in [0.05, 0.1) is 12.6 Å². The van der Waals surface area contributed by atoms with Gasteiger partial charge in [-0.1, -0.05) is 35.9 Å². The lowest BCUT2D eigenvalue weighted by Gasteiger charge is -2.38. The molecule has 0 spiro atoms. The van der Waals surface area contributed by atoms with Crippen LogP contribution < -0.4 is 4.74 Å². The number of piperazine rings is 1. The maximum Gasteiger partial charge on any atom is 0.289 e. The molecule has 2 aromatic carbocycles. The summed E-state index contributed by atoms with van der Waals surface area (Å²) < 4.78 is 17.2. The number of carbonyl (C=O) groups excluding carboxylic acids is 2. The lowest BCUT2D eigenvalue weighted by Crippen LogP contribution is -2.49. The van der Waals surface area contributed by atoms with Gasteiger partial charge in [0.1, 0.15) is 18.1 Å². The van der Waals surface area contributed by atoms with E-state index in [4.69, 9.17) is 13.9 Å². The van der Waals surface area contributed by atoms with Crippen LogP contribution >= 0.6 is 0 Å². The van der Waals surface area contributed by atoms with Crippen molar-refractivity contribution in [3.63, 3.8) is 0 Å². The fourth-order valence-electron chi connectivity index (χ4n) is 5.87. The number of benzene rings is 2. The maximum atomic E-state index is 13.3. The van der Waals surface area contributed by atoms with Gasteiger partial charge in [0.2, 0.25) is 5.91 Å². The first-order valence-electron chi connectivity index (χ1n) is 14.7. The van der Waals surface area contributed by atoms with Crippen LogP contribution in [0.3, 0.4) is 0 Å². The molecule has 2 amide bonds. The Labute approximate surface area is 241 Å². The molecule has 1 aliphatic carbocycles. The number of hydrogen-bond acceptors (Lipinski definition) is 6. The number of carbonyl (C=O) groups is 2. The average Bonchev–Trinajstić information content (AvgIpc) is 3.75. The molecule has 1 aromatic heterocycles. The van der Waals surface area contributed by atoms with Crippen molar-refractivity contribution >= 4 is 11.8 Å². The van der Waals surface area contributed by atoms with E-state index in [-0.39, 0.29) is 30.4 Å². The van der Waals surface area contributed by atoms with Gasteiger partial charge in [0.25, 0.3) is 5.91 Å². The van der Waals surface area contributed by atoms with E-state index in [9.17, 15) is 9.59 Å². The van der Waals surface area contributed by atoms with Crippen LogP contribution in [0.5, 0.6) is 5.75 Å². The highest BCUT2D eigenvalue weighted by Crippen LogP contribution is 2.41. The number of ether oxygens (including phenoxy) is 2. The lowest BCUT2D eigenvalue weighted by atomic mass is 9.87. The molecular weight excluding hydrogens is 518 g/mol. The van der Waals surface area contributed by atoms with Gasteiger partial charge in [-0.15, -0.1) is 0 Å². The Kier molecular flexibility index (Phi) is 8.12. The fourth-order valence-corrected chi connectivity index (χ4v) is 5.87. The second-order valence-electron chi connectivity index (χ2n) is 11.4. The molecule has 8 nitrogen and oxygen atoms in total. The molecular formula is C33H39N3O5. The third-order valence-electron chi connectivity index (χ3n) is 8.47. The summed E-state index contributed by atoms with van der Waals surface area (Å²) in [7, 11) is 1.71. The van der Waals surface area contributed by atoms with Gasteiger partial charge >= 0.3 is 0 Å². The average molecular weight is 558 g/mol. The van der Waals surface area contributed by atoms with Crippen molar-refractivity contribution < 1.29 is 23.5 Å². The number of aryl methyl sites for hydroxylation is 1. The van der Waals surface area contributed by atoms with Crippen molar-refractivity contribution in [2.45, 2.75) is 38.8 Å². The van der Waals surface area contributed by atoms with Gasteiger partial charge in [-0.05, 0) is 67.1 Å². The van der Waals surface area contributed by atoms with Crippen LogP contribution in [0, 0.1) is 12.8 Å². The summed E-state index contributed by atoms with van der Waals surface area (Å²) in [6, 6.07) is 18.1. The Balaban J connectivity index is 1.13. The minimum atomic E-state index is -0.126. The van der Waals surface area contributed by atoms with Crippen LogP contribution in [-0.4, -0.2) is 79.5 Å². The lowest BCUT2D eigenvalue weighted by molar-refractivity contribution is -0.134. The van der Waals surface area contributed by atoms with Crippen molar-refractivity contribution in [3.05, 3.63) is 88.4 Å². The topological polar surface area (TPSA) is 75.5 Å². The summed E-state index contributed by atoms with van der Waals surface area (Å²) in [6.07, 6.45) is 2.81. The van der Waals surface area contributed by atoms with E-state index >= 15 is 0 Å². The van der Waals surface area contributed by atoms with Gasteiger partial charge in [0, 0.05) is 52.3 Å². The SMILES string of the molecule is COCCN1CCN(C(=O)c2ccc(COc3ccc4c(c3)[C@H](c3ccc(C)cc3)N(C(=O)C3CC3)CC4)o2)CC1. The van der Waals surface area contributed by atoms with Crippen molar-refractivity contribution in [1.82, 2.24) is 14.7 Å². The second kappa shape index (κ2) is 12.1. The molecule has 0 N–H and O–H groups in total. The zero-order valence-corrected chi connectivity index (χ0v) is 24.0. The predicted octanol–water partition coefficient (Wildman–Crippen LogP) is 4.46. The molecule has 2 fully saturated rings. The van der Waals surface area contributed by atoms with Crippen LogP contribution in [0.2, 0.25) is 0 Å². The smallest absolute Gasteiger partial charge is 0.289 e. The molecule has 41 heavy (non-hydrogen) atoms. The summed E-state index contributed by atoms with van der Waals surface area (Å²) in [5.74, 6) is 2.00.